The summed E-state index contributed by atoms with van der Waals surface area (Å²) in [5.74, 6) is 0. The second-order valence-electron chi connectivity index (χ2n) is 3.35. The van der Waals surface area contributed by atoms with Crippen molar-refractivity contribution in [3.05, 3.63) is 17.5 Å². The van der Waals surface area contributed by atoms with E-state index in [9.17, 15) is 5.11 Å². The van der Waals surface area contributed by atoms with Gasteiger partial charge in [-0.3, -0.25) is 5.10 Å². The minimum absolute atomic E-state index is 0.193. The average Bonchev–Trinajstić information content (AvgIpc) is 2.50. The summed E-state index contributed by atoms with van der Waals surface area (Å²) in [6, 6.07) is -0.193. The Morgan fingerprint density at radius 3 is 2.85 bits per heavy atom. The van der Waals surface area contributed by atoms with E-state index in [-0.39, 0.29) is 6.04 Å². The zero-order valence-electron chi connectivity index (χ0n) is 8.12. The highest BCUT2D eigenvalue weighted by atomic mass is 16.3. The highest BCUT2D eigenvalue weighted by Crippen LogP contribution is 2.19. The van der Waals surface area contributed by atoms with Gasteiger partial charge in [0.2, 0.25) is 0 Å². The minimum atomic E-state index is -0.598. The molecule has 0 spiro atoms. The van der Waals surface area contributed by atoms with Crippen LogP contribution in [0.1, 0.15) is 37.1 Å². The van der Waals surface area contributed by atoms with Crippen molar-refractivity contribution in [1.82, 2.24) is 10.2 Å². The van der Waals surface area contributed by atoms with Crippen LogP contribution in [0.25, 0.3) is 0 Å². The van der Waals surface area contributed by atoms with Crippen LogP contribution in [0.3, 0.4) is 0 Å². The molecule has 0 aromatic carbocycles. The molecule has 4 heteroatoms. The molecule has 1 rings (SSSR count). The molecule has 0 aliphatic heterocycles. The largest absolute Gasteiger partial charge is 0.387 e. The third kappa shape index (κ3) is 2.29. The summed E-state index contributed by atoms with van der Waals surface area (Å²) in [4.78, 5) is 0. The number of aliphatic hydroxyl groups excluding tert-OH is 1. The van der Waals surface area contributed by atoms with Crippen LogP contribution in [0, 0.1) is 6.92 Å². The van der Waals surface area contributed by atoms with Gasteiger partial charge in [-0.05, 0) is 13.3 Å². The maximum atomic E-state index is 9.80. The fourth-order valence-electron chi connectivity index (χ4n) is 1.38. The highest BCUT2D eigenvalue weighted by Gasteiger charge is 2.18. The van der Waals surface area contributed by atoms with Crippen molar-refractivity contribution in [3.63, 3.8) is 0 Å². The Balaban J connectivity index is 2.67. The van der Waals surface area contributed by atoms with Gasteiger partial charge in [-0.2, -0.15) is 5.10 Å². The van der Waals surface area contributed by atoms with Crippen LogP contribution in [0.15, 0.2) is 6.20 Å². The molecule has 4 nitrogen and oxygen atoms in total. The molecule has 0 saturated heterocycles. The van der Waals surface area contributed by atoms with E-state index < -0.39 is 6.10 Å². The van der Waals surface area contributed by atoms with Crippen LogP contribution in [0.4, 0.5) is 0 Å². The van der Waals surface area contributed by atoms with Gasteiger partial charge in [0.1, 0.15) is 0 Å². The normalized spacial score (nSPS) is 15.7. The first-order valence-corrected chi connectivity index (χ1v) is 4.60. The fraction of sp³-hybridized carbons (Fsp3) is 0.667. The highest BCUT2D eigenvalue weighted by molar-refractivity contribution is 5.18. The Kier molecular flexibility index (Phi) is 3.45. The number of hydrogen-bond donors (Lipinski definition) is 3. The van der Waals surface area contributed by atoms with Crippen molar-refractivity contribution in [3.8, 4) is 0 Å². The molecule has 2 unspecified atom stereocenters. The van der Waals surface area contributed by atoms with Crippen LogP contribution in [-0.2, 0) is 0 Å². The smallest absolute Gasteiger partial charge is 0.0973 e. The molecule has 2 atom stereocenters. The third-order valence-electron chi connectivity index (χ3n) is 2.22. The van der Waals surface area contributed by atoms with Crippen molar-refractivity contribution in [2.75, 3.05) is 0 Å². The lowest BCUT2D eigenvalue weighted by atomic mass is 10.0. The van der Waals surface area contributed by atoms with Crippen molar-refractivity contribution in [1.29, 1.82) is 0 Å². The van der Waals surface area contributed by atoms with Crippen LogP contribution in [0.2, 0.25) is 0 Å². The molecule has 1 aromatic heterocycles. The summed E-state index contributed by atoms with van der Waals surface area (Å²) in [6.07, 6.45) is 2.84. The molecule has 0 radical (unpaired) electrons. The van der Waals surface area contributed by atoms with Gasteiger partial charge in [0.15, 0.2) is 0 Å². The first-order chi connectivity index (χ1) is 6.16. The monoisotopic (exact) mass is 183 g/mol. The van der Waals surface area contributed by atoms with Gasteiger partial charge >= 0.3 is 0 Å². The molecular weight excluding hydrogens is 166 g/mol. The number of nitrogens with one attached hydrogen (secondary N) is 1. The van der Waals surface area contributed by atoms with E-state index in [2.05, 4.69) is 17.1 Å². The van der Waals surface area contributed by atoms with E-state index in [1.807, 2.05) is 6.92 Å². The summed E-state index contributed by atoms with van der Waals surface area (Å²) in [7, 11) is 0. The van der Waals surface area contributed by atoms with Gasteiger partial charge in [-0.25, -0.2) is 0 Å². The molecule has 0 amide bonds. The Morgan fingerprint density at radius 2 is 2.38 bits per heavy atom. The molecule has 1 aromatic rings. The lowest BCUT2D eigenvalue weighted by molar-refractivity contribution is 0.141. The van der Waals surface area contributed by atoms with E-state index >= 15 is 0 Å². The number of rotatable bonds is 4. The van der Waals surface area contributed by atoms with Crippen molar-refractivity contribution in [2.24, 2.45) is 5.73 Å². The third-order valence-corrected chi connectivity index (χ3v) is 2.22. The van der Waals surface area contributed by atoms with E-state index in [0.29, 0.717) is 0 Å². The number of hydrogen-bond acceptors (Lipinski definition) is 3. The van der Waals surface area contributed by atoms with Crippen LogP contribution in [-0.4, -0.2) is 21.3 Å². The second-order valence-corrected chi connectivity index (χ2v) is 3.35. The van der Waals surface area contributed by atoms with Gasteiger partial charge in [0.25, 0.3) is 0 Å². The van der Waals surface area contributed by atoms with Crippen LogP contribution in [0.5, 0.6) is 0 Å². The molecule has 0 saturated carbocycles. The Morgan fingerprint density at radius 1 is 1.69 bits per heavy atom. The summed E-state index contributed by atoms with van der Waals surface area (Å²) >= 11 is 0. The van der Waals surface area contributed by atoms with Crippen LogP contribution < -0.4 is 5.73 Å². The Bertz CT molecular complexity index is 259. The number of nitrogens with two attached hydrogens (primary N) is 1. The topological polar surface area (TPSA) is 74.9 Å². The predicted molar refractivity (Wildman–Crippen MR) is 51.2 cm³/mol. The number of aromatic amines is 1. The SMILES string of the molecule is CCCC(N)C(O)c1cn[nH]c1C. The summed E-state index contributed by atoms with van der Waals surface area (Å²) in [5.41, 5.74) is 7.49. The van der Waals surface area contributed by atoms with Crippen LogP contribution >= 0.6 is 0 Å². The van der Waals surface area contributed by atoms with Gasteiger partial charge in [0, 0.05) is 17.3 Å². The van der Waals surface area contributed by atoms with E-state index in [1.54, 1.807) is 6.20 Å². The zero-order valence-corrected chi connectivity index (χ0v) is 8.12. The number of aliphatic hydroxyl groups is 1. The van der Waals surface area contributed by atoms with Gasteiger partial charge in [0.05, 0.1) is 12.3 Å². The molecule has 0 fully saturated rings. The summed E-state index contributed by atoms with van der Waals surface area (Å²) in [6.45, 7) is 3.93. The summed E-state index contributed by atoms with van der Waals surface area (Å²) in [5, 5.41) is 16.4. The van der Waals surface area contributed by atoms with Gasteiger partial charge in [-0.15, -0.1) is 0 Å². The molecule has 1 heterocycles. The number of aromatic nitrogens is 2. The molecule has 4 N–H and O–H groups in total. The van der Waals surface area contributed by atoms with E-state index in [1.165, 1.54) is 0 Å². The molecule has 13 heavy (non-hydrogen) atoms. The quantitative estimate of drug-likeness (QED) is 0.648. The molecule has 0 aliphatic carbocycles. The number of aryl methyl sites for hydroxylation is 1. The predicted octanol–water partition coefficient (Wildman–Crippen LogP) is 0.879. The molecule has 0 aliphatic rings. The Labute approximate surface area is 78.2 Å². The fourth-order valence-corrected chi connectivity index (χ4v) is 1.38. The van der Waals surface area contributed by atoms with Crippen molar-refractivity contribution in [2.45, 2.75) is 38.8 Å². The van der Waals surface area contributed by atoms with Crippen molar-refractivity contribution < 1.29 is 5.11 Å². The maximum Gasteiger partial charge on any atom is 0.0973 e. The number of H-pyrrole nitrogens is 1. The zero-order chi connectivity index (χ0) is 9.84. The lowest BCUT2D eigenvalue weighted by Gasteiger charge is -2.17. The maximum absolute atomic E-state index is 9.80. The molecule has 74 valence electrons. The second kappa shape index (κ2) is 4.39. The van der Waals surface area contributed by atoms with Crippen molar-refractivity contribution >= 4 is 0 Å². The van der Waals surface area contributed by atoms with E-state index in [4.69, 9.17) is 5.73 Å². The minimum Gasteiger partial charge on any atom is -0.387 e. The first kappa shape index (κ1) is 10.2. The molecular formula is C9H17N3O. The van der Waals surface area contributed by atoms with Gasteiger partial charge < -0.3 is 10.8 Å². The number of nitrogens with zero attached hydrogens (tertiary/aromatic N) is 1. The average molecular weight is 183 g/mol. The van der Waals surface area contributed by atoms with E-state index in [0.717, 1.165) is 24.1 Å². The van der Waals surface area contributed by atoms with Gasteiger partial charge in [-0.1, -0.05) is 13.3 Å². The Hall–Kier alpha value is -0.870. The lowest BCUT2D eigenvalue weighted by Crippen LogP contribution is -2.28. The molecule has 0 bridgehead atoms. The summed E-state index contributed by atoms with van der Waals surface area (Å²) < 4.78 is 0. The first-order valence-electron chi connectivity index (χ1n) is 4.60. The standard InChI is InChI=1S/C9H17N3O/c1-3-4-8(10)9(13)7-5-11-12-6(7)2/h5,8-9,13H,3-4,10H2,1-2H3,(H,11,12).